The Bertz CT molecular complexity index is 1400. The van der Waals surface area contributed by atoms with E-state index >= 15 is 0 Å². The maximum absolute atomic E-state index is 12.5. The number of aromatic nitrogens is 2. The second kappa shape index (κ2) is 10.4. The summed E-state index contributed by atoms with van der Waals surface area (Å²) in [7, 11) is 0. The van der Waals surface area contributed by atoms with Crippen LogP contribution in [-0.2, 0) is 16.1 Å². The van der Waals surface area contributed by atoms with Gasteiger partial charge in [-0.2, -0.15) is 5.10 Å². The lowest BCUT2D eigenvalue weighted by molar-refractivity contribution is -0.392. The van der Waals surface area contributed by atoms with Crippen LogP contribution in [-0.4, -0.2) is 48.6 Å². The normalized spacial score (nSPS) is 14.8. The van der Waals surface area contributed by atoms with E-state index in [1.54, 1.807) is 43.3 Å². The van der Waals surface area contributed by atoms with Gasteiger partial charge in [0.25, 0.3) is 5.69 Å². The molecule has 4 rings (SSSR count). The minimum Gasteiger partial charge on any atom is -0.458 e. The van der Waals surface area contributed by atoms with E-state index in [2.05, 4.69) is 10.1 Å². The third-order valence-electron chi connectivity index (χ3n) is 5.94. The van der Waals surface area contributed by atoms with Gasteiger partial charge < -0.3 is 14.9 Å². The van der Waals surface area contributed by atoms with Crippen molar-refractivity contribution in [3.63, 3.8) is 0 Å². The van der Waals surface area contributed by atoms with E-state index in [1.807, 2.05) is 0 Å². The molecule has 0 saturated carbocycles. The topological polar surface area (TPSA) is 163 Å². The maximum Gasteiger partial charge on any atom is 0.342 e. The predicted octanol–water partition coefficient (Wildman–Crippen LogP) is 3.56. The van der Waals surface area contributed by atoms with Gasteiger partial charge in [0.1, 0.15) is 19.3 Å². The smallest absolute Gasteiger partial charge is 0.342 e. The number of amides is 1. The first-order valence-electron chi connectivity index (χ1n) is 11.2. The van der Waals surface area contributed by atoms with Crippen LogP contribution in [0.15, 0.2) is 59.8 Å². The first-order chi connectivity index (χ1) is 17.7. The minimum atomic E-state index is -0.593. The Hall–Kier alpha value is -4.94. The molecule has 1 aromatic heterocycles. The molecular weight excluding hydrogens is 484 g/mol. The molecular formula is C24H22N6O7. The summed E-state index contributed by atoms with van der Waals surface area (Å²) < 4.78 is 6.63. The number of carbonyl (C=O) groups excluding carboxylic acids is 2. The maximum atomic E-state index is 12.5. The van der Waals surface area contributed by atoms with Crippen LogP contribution in [0.25, 0.3) is 0 Å². The third kappa shape index (κ3) is 5.34. The van der Waals surface area contributed by atoms with E-state index in [-0.39, 0.29) is 36.1 Å². The Morgan fingerprint density at radius 2 is 1.73 bits per heavy atom. The Labute approximate surface area is 210 Å². The van der Waals surface area contributed by atoms with Crippen LogP contribution in [0.5, 0.6) is 0 Å². The summed E-state index contributed by atoms with van der Waals surface area (Å²) in [6.45, 7) is 3.03. The molecule has 0 N–H and O–H groups in total. The highest BCUT2D eigenvalue weighted by Gasteiger charge is 2.31. The second-order valence-electron chi connectivity index (χ2n) is 8.26. The molecule has 37 heavy (non-hydrogen) atoms. The molecule has 0 spiro atoms. The first kappa shape index (κ1) is 25.2. The lowest BCUT2D eigenvalue weighted by atomic mass is 9.97. The number of hydrazone groups is 1. The summed E-state index contributed by atoms with van der Waals surface area (Å²) in [5.41, 5.74) is 2.28. The number of nitro groups is 2. The van der Waals surface area contributed by atoms with Crippen LogP contribution in [0.4, 0.5) is 11.5 Å². The largest absolute Gasteiger partial charge is 0.458 e. The lowest BCUT2D eigenvalue weighted by Gasteiger charge is -2.20. The molecule has 1 atom stereocenters. The molecule has 0 aliphatic carbocycles. The molecule has 0 radical (unpaired) electrons. The lowest BCUT2D eigenvalue weighted by Crippen LogP contribution is -2.24. The van der Waals surface area contributed by atoms with Crippen LogP contribution in [0.1, 0.15) is 46.7 Å². The van der Waals surface area contributed by atoms with Gasteiger partial charge in [-0.1, -0.05) is 12.1 Å². The Kier molecular flexibility index (Phi) is 7.04. The molecule has 1 unspecified atom stereocenters. The van der Waals surface area contributed by atoms with Gasteiger partial charge in [0.15, 0.2) is 5.82 Å². The van der Waals surface area contributed by atoms with Crippen molar-refractivity contribution in [2.24, 2.45) is 5.10 Å². The van der Waals surface area contributed by atoms with Crippen LogP contribution in [0, 0.1) is 27.2 Å². The Morgan fingerprint density at radius 1 is 1.05 bits per heavy atom. The number of rotatable bonds is 8. The van der Waals surface area contributed by atoms with Gasteiger partial charge in [0.05, 0.1) is 22.2 Å². The molecule has 0 fully saturated rings. The van der Waals surface area contributed by atoms with Gasteiger partial charge in [-0.3, -0.25) is 14.9 Å². The number of aryl methyl sites for hydroxylation is 1. The van der Waals surface area contributed by atoms with Crippen molar-refractivity contribution in [1.29, 1.82) is 0 Å². The van der Waals surface area contributed by atoms with Crippen LogP contribution >= 0.6 is 0 Å². The summed E-state index contributed by atoms with van der Waals surface area (Å²) >= 11 is 0. The van der Waals surface area contributed by atoms with E-state index < -0.39 is 21.9 Å². The van der Waals surface area contributed by atoms with Crippen LogP contribution in [0.3, 0.4) is 0 Å². The average Bonchev–Trinajstić information content (AvgIpc) is 3.49. The standard InChI is InChI=1S/C24H22N6O7/c1-15-25-14-23(30(35)36)27(15)11-12-37-24(32)19-5-3-18(4-6-19)22-13-21(26-28(22)16(2)31)17-7-9-20(10-8-17)29(33)34/h3-10,14,22H,11-13H2,1-2H3. The number of carbonyl (C=O) groups is 2. The number of nitrogens with zero attached hydrogens (tertiary/aromatic N) is 6. The zero-order valence-corrected chi connectivity index (χ0v) is 19.9. The molecule has 0 saturated heterocycles. The quantitative estimate of drug-likeness (QED) is 0.254. The van der Waals surface area contributed by atoms with Crippen molar-refractivity contribution in [2.45, 2.75) is 32.9 Å². The minimum absolute atomic E-state index is 0.0387. The van der Waals surface area contributed by atoms with Crippen molar-refractivity contribution >= 4 is 29.1 Å². The monoisotopic (exact) mass is 506 g/mol. The van der Waals surface area contributed by atoms with Crippen molar-refractivity contribution in [2.75, 3.05) is 6.61 Å². The van der Waals surface area contributed by atoms with Gasteiger partial charge in [0, 0.05) is 32.4 Å². The fraction of sp³-hybridized carbons (Fsp3) is 0.250. The Morgan fingerprint density at radius 3 is 2.32 bits per heavy atom. The number of benzene rings is 2. The van der Waals surface area contributed by atoms with Gasteiger partial charge in [-0.05, 0) is 40.3 Å². The molecule has 13 heteroatoms. The third-order valence-corrected chi connectivity index (χ3v) is 5.94. The van der Waals surface area contributed by atoms with Crippen LogP contribution < -0.4 is 0 Å². The van der Waals surface area contributed by atoms with E-state index in [4.69, 9.17) is 4.74 Å². The number of hydrogen-bond acceptors (Lipinski definition) is 9. The van der Waals surface area contributed by atoms with Crippen molar-refractivity contribution < 1.29 is 24.2 Å². The van der Waals surface area contributed by atoms with Gasteiger partial charge in [-0.25, -0.2) is 19.4 Å². The molecule has 2 heterocycles. The zero-order chi connectivity index (χ0) is 26.7. The zero-order valence-electron chi connectivity index (χ0n) is 19.9. The van der Waals surface area contributed by atoms with Gasteiger partial charge >= 0.3 is 11.8 Å². The molecule has 1 aliphatic rings. The number of imidazole rings is 1. The molecule has 190 valence electrons. The van der Waals surface area contributed by atoms with Gasteiger partial charge in [0.2, 0.25) is 5.91 Å². The fourth-order valence-electron chi connectivity index (χ4n) is 4.04. The molecule has 0 bridgehead atoms. The van der Waals surface area contributed by atoms with E-state index in [0.717, 1.165) is 11.8 Å². The highest BCUT2D eigenvalue weighted by molar-refractivity contribution is 6.03. The number of non-ortho nitro benzene ring substituents is 1. The second-order valence-corrected chi connectivity index (χ2v) is 8.26. The van der Waals surface area contributed by atoms with Crippen molar-refractivity contribution in [3.05, 3.63) is 97.5 Å². The Balaban J connectivity index is 1.42. The van der Waals surface area contributed by atoms with E-state index in [0.29, 0.717) is 23.5 Å². The molecule has 13 nitrogen and oxygen atoms in total. The molecule has 1 amide bonds. The summed E-state index contributed by atoms with van der Waals surface area (Å²) in [5, 5.41) is 27.8. The number of nitro benzene ring substituents is 1. The SMILES string of the molecule is CC(=O)N1N=C(c2ccc([N+](=O)[O-])cc2)CC1c1ccc(C(=O)OCCn2c([N+](=O)[O-])cnc2C)cc1. The molecule has 1 aliphatic heterocycles. The summed E-state index contributed by atoms with van der Waals surface area (Å²) in [6, 6.07) is 12.1. The predicted molar refractivity (Wildman–Crippen MR) is 130 cm³/mol. The summed E-state index contributed by atoms with van der Waals surface area (Å²) in [4.78, 5) is 49.6. The highest BCUT2D eigenvalue weighted by atomic mass is 16.6. The van der Waals surface area contributed by atoms with Crippen LogP contribution in [0.2, 0.25) is 0 Å². The van der Waals surface area contributed by atoms with E-state index in [1.165, 1.54) is 28.6 Å². The summed E-state index contributed by atoms with van der Waals surface area (Å²) in [6.07, 6.45) is 1.55. The highest BCUT2D eigenvalue weighted by Crippen LogP contribution is 2.33. The number of hydrogen-bond donors (Lipinski definition) is 0. The number of ether oxygens (including phenoxy) is 1. The summed E-state index contributed by atoms with van der Waals surface area (Å²) in [5.74, 6) is -0.604. The first-order valence-corrected chi connectivity index (χ1v) is 11.2. The molecule has 2 aromatic carbocycles. The van der Waals surface area contributed by atoms with Crippen molar-refractivity contribution in [3.8, 4) is 0 Å². The number of esters is 1. The van der Waals surface area contributed by atoms with E-state index in [9.17, 15) is 29.8 Å². The average molecular weight is 506 g/mol. The van der Waals surface area contributed by atoms with Gasteiger partial charge in [-0.15, -0.1) is 0 Å². The fourth-order valence-corrected chi connectivity index (χ4v) is 4.04. The van der Waals surface area contributed by atoms with Crippen molar-refractivity contribution in [1.82, 2.24) is 14.6 Å². The molecule has 3 aromatic rings.